The van der Waals surface area contributed by atoms with Gasteiger partial charge in [0.15, 0.2) is 11.5 Å². The second kappa shape index (κ2) is 2.98. The van der Waals surface area contributed by atoms with Gasteiger partial charge in [-0.2, -0.15) is 0 Å². The Morgan fingerprint density at radius 2 is 2.38 bits per heavy atom. The maximum atomic E-state index is 5.62. The number of nitrogens with two attached hydrogens (primary N) is 1. The highest BCUT2D eigenvalue weighted by Crippen LogP contribution is 2.12. The third-order valence-corrected chi connectivity index (χ3v) is 1.71. The number of hydrogen-bond acceptors (Lipinski definition) is 5. The topological polar surface area (TPSA) is 92.5 Å². The van der Waals surface area contributed by atoms with Crippen molar-refractivity contribution >= 4 is 17.0 Å². The highest BCUT2D eigenvalue weighted by molar-refractivity contribution is 5.80. The molecule has 4 N–H and O–H groups in total. The Hall–Kier alpha value is -1.69. The maximum absolute atomic E-state index is 5.62. The number of anilines is 1. The molecule has 0 fully saturated rings. The van der Waals surface area contributed by atoms with Crippen LogP contribution in [0.15, 0.2) is 6.33 Å². The van der Waals surface area contributed by atoms with Crippen molar-refractivity contribution in [3.63, 3.8) is 0 Å². The number of H-pyrrole nitrogens is 1. The molecule has 6 heteroatoms. The second-order valence-corrected chi connectivity index (χ2v) is 2.67. The van der Waals surface area contributed by atoms with E-state index >= 15 is 0 Å². The zero-order valence-electron chi connectivity index (χ0n) is 7.20. The number of nitrogen functional groups attached to an aromatic ring is 1. The van der Waals surface area contributed by atoms with E-state index in [1.165, 1.54) is 6.33 Å². The first-order valence-corrected chi connectivity index (χ1v) is 3.91. The van der Waals surface area contributed by atoms with Crippen LogP contribution < -0.4 is 11.1 Å². The quantitative estimate of drug-likeness (QED) is 0.584. The van der Waals surface area contributed by atoms with Crippen molar-refractivity contribution in [1.82, 2.24) is 25.3 Å². The van der Waals surface area contributed by atoms with Gasteiger partial charge in [-0.25, -0.2) is 15.0 Å². The van der Waals surface area contributed by atoms with Crippen molar-refractivity contribution in [3.05, 3.63) is 12.2 Å². The van der Waals surface area contributed by atoms with Gasteiger partial charge in [-0.1, -0.05) is 0 Å². The largest absolute Gasteiger partial charge is 0.382 e. The van der Waals surface area contributed by atoms with Crippen LogP contribution in [-0.2, 0) is 6.54 Å². The smallest absolute Gasteiger partial charge is 0.183 e. The molecule has 6 nitrogen and oxygen atoms in total. The molecule has 2 aromatic heterocycles. The molecule has 0 saturated carbocycles. The lowest BCUT2D eigenvalue weighted by Crippen LogP contribution is -2.06. The Morgan fingerprint density at radius 1 is 1.54 bits per heavy atom. The van der Waals surface area contributed by atoms with Gasteiger partial charge in [0.25, 0.3) is 0 Å². The van der Waals surface area contributed by atoms with Gasteiger partial charge < -0.3 is 16.0 Å². The van der Waals surface area contributed by atoms with E-state index in [-0.39, 0.29) is 0 Å². The van der Waals surface area contributed by atoms with Crippen LogP contribution in [0.3, 0.4) is 0 Å². The van der Waals surface area contributed by atoms with Crippen LogP contribution in [0.1, 0.15) is 5.82 Å². The average Bonchev–Trinajstić information content (AvgIpc) is 2.49. The van der Waals surface area contributed by atoms with Crippen molar-refractivity contribution in [2.45, 2.75) is 6.54 Å². The van der Waals surface area contributed by atoms with Crippen molar-refractivity contribution < 1.29 is 0 Å². The third-order valence-electron chi connectivity index (χ3n) is 1.71. The highest BCUT2D eigenvalue weighted by atomic mass is 15.1. The molecule has 0 atom stereocenters. The standard InChI is InChI=1S/C7H10N6/c1-9-2-4-12-5-6(8)10-3-11-7(5)13-4/h3,9H,2H2,1H3,(H3,8,10,11,12,13). The molecule has 0 saturated heterocycles. The second-order valence-electron chi connectivity index (χ2n) is 2.67. The minimum absolute atomic E-state index is 0.430. The number of fused-ring (bicyclic) bond motifs is 1. The average molecular weight is 178 g/mol. The van der Waals surface area contributed by atoms with E-state index in [1.54, 1.807) is 0 Å². The van der Waals surface area contributed by atoms with E-state index in [1.807, 2.05) is 7.05 Å². The van der Waals surface area contributed by atoms with Crippen molar-refractivity contribution in [2.24, 2.45) is 0 Å². The molecule has 0 aliphatic rings. The van der Waals surface area contributed by atoms with Gasteiger partial charge >= 0.3 is 0 Å². The Kier molecular flexibility index (Phi) is 1.82. The molecule has 0 aliphatic carbocycles. The lowest BCUT2D eigenvalue weighted by atomic mass is 10.5. The van der Waals surface area contributed by atoms with Crippen LogP contribution in [0.25, 0.3) is 11.2 Å². The minimum Gasteiger partial charge on any atom is -0.382 e. The van der Waals surface area contributed by atoms with E-state index in [4.69, 9.17) is 5.73 Å². The first kappa shape index (κ1) is 7.93. The van der Waals surface area contributed by atoms with Gasteiger partial charge in [-0.05, 0) is 7.05 Å². The molecular weight excluding hydrogens is 168 g/mol. The molecule has 68 valence electrons. The molecule has 0 aromatic carbocycles. The van der Waals surface area contributed by atoms with Crippen molar-refractivity contribution in [2.75, 3.05) is 12.8 Å². The van der Waals surface area contributed by atoms with Crippen LogP contribution in [0.4, 0.5) is 5.82 Å². The van der Waals surface area contributed by atoms with Crippen LogP contribution in [0, 0.1) is 0 Å². The first-order chi connectivity index (χ1) is 6.31. The number of aromatic nitrogens is 4. The van der Waals surface area contributed by atoms with Crippen LogP contribution in [-0.4, -0.2) is 27.0 Å². The summed E-state index contributed by atoms with van der Waals surface area (Å²) in [4.78, 5) is 15.1. The number of hydrogen-bond donors (Lipinski definition) is 3. The molecule has 0 unspecified atom stereocenters. The molecule has 0 bridgehead atoms. The molecule has 0 spiro atoms. The summed E-state index contributed by atoms with van der Waals surface area (Å²) in [5, 5.41) is 2.98. The van der Waals surface area contributed by atoms with E-state index in [0.717, 1.165) is 5.82 Å². The molecule has 0 amide bonds. The van der Waals surface area contributed by atoms with Gasteiger partial charge in [0.05, 0.1) is 6.54 Å². The molecule has 13 heavy (non-hydrogen) atoms. The van der Waals surface area contributed by atoms with Crippen LogP contribution >= 0.6 is 0 Å². The highest BCUT2D eigenvalue weighted by Gasteiger charge is 2.05. The summed E-state index contributed by atoms with van der Waals surface area (Å²) in [6.45, 7) is 0.663. The summed E-state index contributed by atoms with van der Waals surface area (Å²) in [5.41, 5.74) is 6.93. The zero-order valence-corrected chi connectivity index (χ0v) is 7.20. The Balaban J connectivity index is 2.55. The zero-order chi connectivity index (χ0) is 9.26. The molecular formula is C7H10N6. The fraction of sp³-hybridized carbons (Fsp3) is 0.286. The van der Waals surface area contributed by atoms with Crippen molar-refractivity contribution in [3.8, 4) is 0 Å². The monoisotopic (exact) mass is 178 g/mol. The molecule has 0 radical (unpaired) electrons. The van der Waals surface area contributed by atoms with E-state index in [0.29, 0.717) is 23.5 Å². The van der Waals surface area contributed by atoms with Gasteiger partial charge in [-0.15, -0.1) is 0 Å². The number of nitrogens with zero attached hydrogens (tertiary/aromatic N) is 3. The van der Waals surface area contributed by atoms with Gasteiger partial charge in [0.1, 0.15) is 17.7 Å². The van der Waals surface area contributed by atoms with Gasteiger partial charge in [-0.3, -0.25) is 0 Å². The van der Waals surface area contributed by atoms with Crippen molar-refractivity contribution in [1.29, 1.82) is 0 Å². The fourth-order valence-corrected chi connectivity index (χ4v) is 1.15. The summed E-state index contributed by atoms with van der Waals surface area (Å²) in [6.07, 6.45) is 1.40. The molecule has 2 aromatic rings. The Bertz CT molecular complexity index is 420. The first-order valence-electron chi connectivity index (χ1n) is 3.91. The minimum atomic E-state index is 0.430. The normalized spacial score (nSPS) is 10.8. The van der Waals surface area contributed by atoms with E-state index in [2.05, 4.69) is 25.3 Å². The summed E-state index contributed by atoms with van der Waals surface area (Å²) < 4.78 is 0. The molecule has 2 rings (SSSR count). The predicted molar refractivity (Wildman–Crippen MR) is 48.9 cm³/mol. The van der Waals surface area contributed by atoms with Gasteiger partial charge in [0, 0.05) is 0 Å². The number of imidazole rings is 1. The van der Waals surface area contributed by atoms with Crippen LogP contribution in [0.5, 0.6) is 0 Å². The van der Waals surface area contributed by atoms with E-state index < -0.39 is 0 Å². The summed E-state index contributed by atoms with van der Waals surface area (Å²) in [7, 11) is 1.85. The Morgan fingerprint density at radius 3 is 3.08 bits per heavy atom. The lowest BCUT2D eigenvalue weighted by Gasteiger charge is -1.91. The third kappa shape index (κ3) is 1.31. The number of nitrogens with one attached hydrogen (secondary N) is 2. The van der Waals surface area contributed by atoms with Crippen LogP contribution in [0.2, 0.25) is 0 Å². The lowest BCUT2D eigenvalue weighted by molar-refractivity contribution is 0.774. The summed E-state index contributed by atoms with van der Waals surface area (Å²) >= 11 is 0. The molecule has 2 heterocycles. The maximum Gasteiger partial charge on any atom is 0.183 e. The number of aromatic amines is 1. The summed E-state index contributed by atoms with van der Waals surface area (Å²) in [5.74, 6) is 1.24. The predicted octanol–water partition coefficient (Wildman–Crippen LogP) is -0.346. The summed E-state index contributed by atoms with van der Waals surface area (Å²) in [6, 6.07) is 0. The van der Waals surface area contributed by atoms with E-state index in [9.17, 15) is 0 Å². The van der Waals surface area contributed by atoms with Gasteiger partial charge in [0.2, 0.25) is 0 Å². The Labute approximate surface area is 74.6 Å². The molecule has 0 aliphatic heterocycles. The SMILES string of the molecule is CNCc1nc2ncnc(N)c2[nH]1. The number of rotatable bonds is 2. The fourth-order valence-electron chi connectivity index (χ4n) is 1.15.